The summed E-state index contributed by atoms with van der Waals surface area (Å²) in [6.45, 7) is 12.6. The van der Waals surface area contributed by atoms with Crippen molar-refractivity contribution in [3.05, 3.63) is 39.7 Å². The van der Waals surface area contributed by atoms with Crippen LogP contribution in [0.25, 0.3) is 0 Å². The van der Waals surface area contributed by atoms with Gasteiger partial charge in [0.1, 0.15) is 28.8 Å². The van der Waals surface area contributed by atoms with Gasteiger partial charge in [0.05, 0.1) is 11.6 Å². The van der Waals surface area contributed by atoms with Gasteiger partial charge in [0.25, 0.3) is 0 Å². The number of rotatable bonds is 6. The highest BCUT2D eigenvalue weighted by molar-refractivity contribution is 7.16. The van der Waals surface area contributed by atoms with Gasteiger partial charge in [-0.05, 0) is 50.7 Å². The molecule has 3 atom stereocenters. The number of hydrogen-bond donors (Lipinski definition) is 4. The summed E-state index contributed by atoms with van der Waals surface area (Å²) in [7, 11) is 0. The summed E-state index contributed by atoms with van der Waals surface area (Å²) in [6, 6.07) is 2.92. The number of thiophene rings is 1. The van der Waals surface area contributed by atoms with E-state index in [-0.39, 0.29) is 17.5 Å². The van der Waals surface area contributed by atoms with Crippen molar-refractivity contribution in [2.75, 3.05) is 58.1 Å². The Morgan fingerprint density at radius 1 is 1.12 bits per heavy atom. The number of nitrogens with two attached hydrogens (primary N) is 2. The van der Waals surface area contributed by atoms with Crippen LogP contribution in [0.1, 0.15) is 68.4 Å². The summed E-state index contributed by atoms with van der Waals surface area (Å²) in [5, 5.41) is 17.8. The average Bonchev–Trinajstić information content (AvgIpc) is 3.66. The zero-order valence-electron chi connectivity index (χ0n) is 24.8. The summed E-state index contributed by atoms with van der Waals surface area (Å²) >= 11 is 1.57. The lowest BCUT2D eigenvalue weighted by Gasteiger charge is -2.42. The van der Waals surface area contributed by atoms with Crippen molar-refractivity contribution < 1.29 is 0 Å². The highest BCUT2D eigenvalue weighted by Crippen LogP contribution is 2.48. The van der Waals surface area contributed by atoms with Crippen molar-refractivity contribution in [2.45, 2.75) is 82.3 Å². The predicted molar refractivity (Wildman–Crippen MR) is 168 cm³/mol. The Hall–Kier alpha value is -2.74. The summed E-state index contributed by atoms with van der Waals surface area (Å²) in [4.78, 5) is 14.1. The number of hydrogen-bond acceptors (Lipinski definition) is 9. The minimum atomic E-state index is -0.271. The summed E-state index contributed by atoms with van der Waals surface area (Å²) in [6.07, 6.45) is 13.1. The number of nitrogen functional groups attached to an aromatic ring is 1. The number of dihydropyridines is 1. The Labute approximate surface area is 249 Å². The van der Waals surface area contributed by atoms with Crippen LogP contribution in [0.2, 0.25) is 0 Å². The molecule has 3 fully saturated rings. The van der Waals surface area contributed by atoms with E-state index < -0.39 is 0 Å². The number of nitrogens with zero attached hydrogens (tertiary/aromatic N) is 5. The van der Waals surface area contributed by atoms with Crippen LogP contribution in [0.15, 0.2) is 28.7 Å². The minimum Gasteiger partial charge on any atom is -0.389 e. The van der Waals surface area contributed by atoms with Crippen LogP contribution >= 0.6 is 11.3 Å². The molecule has 41 heavy (non-hydrogen) atoms. The van der Waals surface area contributed by atoms with Gasteiger partial charge in [-0.25, -0.2) is 0 Å². The number of nitrogens with one attached hydrogen (secondary N) is 2. The molecular weight excluding hydrogens is 530 g/mol. The van der Waals surface area contributed by atoms with Crippen LogP contribution < -0.4 is 22.1 Å². The van der Waals surface area contributed by atoms with Crippen LogP contribution in [-0.4, -0.2) is 91.0 Å². The SMILES string of the molecule is CC(N=C(N)C1C=C(N2CCNCC2)C=C(N2CCN(C3CCCC3)CC2)N1)C1(C)CCCc2sc(N)c(C#N)c21. The van der Waals surface area contributed by atoms with Crippen LogP contribution in [0.4, 0.5) is 5.00 Å². The number of piperazine rings is 2. The van der Waals surface area contributed by atoms with Crippen LogP contribution in [0, 0.1) is 11.3 Å². The Bertz CT molecular complexity index is 1240. The van der Waals surface area contributed by atoms with Crippen molar-refractivity contribution in [2.24, 2.45) is 10.7 Å². The van der Waals surface area contributed by atoms with Crippen LogP contribution in [0.5, 0.6) is 0 Å². The third-order valence-electron chi connectivity index (χ3n) is 10.3. The molecule has 1 aromatic rings. The van der Waals surface area contributed by atoms with Gasteiger partial charge in [0.2, 0.25) is 0 Å². The van der Waals surface area contributed by atoms with Crippen molar-refractivity contribution in [3.63, 3.8) is 0 Å². The molecule has 4 heterocycles. The fourth-order valence-electron chi connectivity index (χ4n) is 7.65. The van der Waals surface area contributed by atoms with E-state index in [1.807, 2.05) is 0 Å². The second-order valence-corrected chi connectivity index (χ2v) is 13.8. The van der Waals surface area contributed by atoms with Gasteiger partial charge in [-0.2, -0.15) is 5.26 Å². The normalized spacial score (nSPS) is 28.9. The highest BCUT2D eigenvalue weighted by atomic mass is 32.1. The molecule has 10 heteroatoms. The van der Waals surface area contributed by atoms with Gasteiger partial charge in [-0.3, -0.25) is 9.89 Å². The molecule has 0 aromatic carbocycles. The number of anilines is 1. The predicted octanol–water partition coefficient (Wildman–Crippen LogP) is 2.70. The first-order valence-corrected chi connectivity index (χ1v) is 16.5. The maximum absolute atomic E-state index is 9.92. The van der Waals surface area contributed by atoms with Crippen molar-refractivity contribution in [1.29, 1.82) is 5.26 Å². The Morgan fingerprint density at radius 3 is 2.56 bits per heavy atom. The zero-order chi connectivity index (χ0) is 28.6. The number of allylic oxidation sites excluding steroid dienone is 1. The van der Waals surface area contributed by atoms with E-state index in [1.165, 1.54) is 36.3 Å². The van der Waals surface area contributed by atoms with Crippen molar-refractivity contribution in [3.8, 4) is 6.07 Å². The van der Waals surface area contributed by atoms with E-state index in [0.717, 1.165) is 89.0 Å². The second kappa shape index (κ2) is 11.9. The number of nitriles is 1. The molecule has 3 unspecified atom stereocenters. The molecule has 2 aliphatic carbocycles. The lowest BCUT2D eigenvalue weighted by Crippen LogP contribution is -2.54. The molecule has 2 saturated heterocycles. The molecule has 0 radical (unpaired) electrons. The summed E-state index contributed by atoms with van der Waals surface area (Å²) in [5.41, 5.74) is 15.9. The van der Waals surface area contributed by atoms with E-state index in [2.05, 4.69) is 57.4 Å². The fraction of sp³-hybridized carbons (Fsp3) is 0.677. The third kappa shape index (κ3) is 5.56. The number of aliphatic imine (C=N–C) groups is 1. The molecule has 0 spiro atoms. The van der Waals surface area contributed by atoms with Crippen LogP contribution in [-0.2, 0) is 11.8 Å². The quantitative estimate of drug-likeness (QED) is 0.301. The smallest absolute Gasteiger partial charge is 0.121 e. The highest BCUT2D eigenvalue weighted by Gasteiger charge is 2.42. The molecule has 0 amide bonds. The van der Waals surface area contributed by atoms with Gasteiger partial charge >= 0.3 is 0 Å². The first-order valence-electron chi connectivity index (χ1n) is 15.7. The number of aryl methyl sites for hydroxylation is 1. The molecule has 3 aliphatic heterocycles. The molecule has 5 aliphatic rings. The van der Waals surface area contributed by atoms with Crippen LogP contribution in [0.3, 0.4) is 0 Å². The zero-order valence-corrected chi connectivity index (χ0v) is 25.6. The molecule has 6 rings (SSSR count). The standard InChI is InChI=1S/C31H47N9S/c1-21(31(2)9-5-8-26-28(31)24(20-32)30(34)41-26)36-29(33)25-18-23(38-12-10-35-11-13-38)19-27(37-25)40-16-14-39(15-17-40)22-6-3-4-7-22/h18-19,21-22,25,35,37H,3-17,34H2,1-2H3,(H2,33,36). The van der Waals surface area contributed by atoms with E-state index in [9.17, 15) is 5.26 Å². The lowest BCUT2D eigenvalue weighted by atomic mass is 9.68. The van der Waals surface area contributed by atoms with Gasteiger partial charge in [0, 0.05) is 80.5 Å². The Balaban J connectivity index is 1.23. The molecule has 222 valence electrons. The van der Waals surface area contributed by atoms with Crippen molar-refractivity contribution >= 4 is 22.2 Å². The third-order valence-corrected chi connectivity index (χ3v) is 11.4. The Morgan fingerprint density at radius 2 is 1.85 bits per heavy atom. The van der Waals surface area contributed by atoms with Gasteiger partial charge in [-0.1, -0.05) is 19.8 Å². The maximum Gasteiger partial charge on any atom is 0.121 e. The van der Waals surface area contributed by atoms with E-state index >= 15 is 0 Å². The maximum atomic E-state index is 9.92. The van der Waals surface area contributed by atoms with E-state index in [0.29, 0.717) is 16.4 Å². The van der Waals surface area contributed by atoms with Gasteiger partial charge in [-0.15, -0.1) is 11.3 Å². The van der Waals surface area contributed by atoms with E-state index in [4.69, 9.17) is 16.5 Å². The summed E-state index contributed by atoms with van der Waals surface area (Å²) in [5.74, 6) is 1.77. The molecule has 6 N–H and O–H groups in total. The molecule has 1 aromatic heterocycles. The Kier molecular flexibility index (Phi) is 8.21. The first kappa shape index (κ1) is 28.4. The summed E-state index contributed by atoms with van der Waals surface area (Å²) < 4.78 is 0. The first-order chi connectivity index (χ1) is 19.9. The van der Waals surface area contributed by atoms with Crippen molar-refractivity contribution in [1.82, 2.24) is 25.3 Å². The van der Waals surface area contributed by atoms with Gasteiger partial charge < -0.3 is 31.9 Å². The number of amidine groups is 1. The minimum absolute atomic E-state index is 0.0789. The molecular formula is C31H47N9S. The number of fused-ring (bicyclic) bond motifs is 1. The fourth-order valence-corrected chi connectivity index (χ4v) is 8.85. The van der Waals surface area contributed by atoms with E-state index in [1.54, 1.807) is 11.3 Å². The monoisotopic (exact) mass is 577 g/mol. The lowest BCUT2D eigenvalue weighted by molar-refractivity contribution is 0.112. The second-order valence-electron chi connectivity index (χ2n) is 12.7. The molecule has 1 saturated carbocycles. The topological polar surface area (TPSA) is 122 Å². The largest absolute Gasteiger partial charge is 0.389 e. The molecule has 9 nitrogen and oxygen atoms in total. The average molecular weight is 578 g/mol. The van der Waals surface area contributed by atoms with Gasteiger partial charge in [0.15, 0.2) is 0 Å². The molecule has 0 bridgehead atoms.